The molecule has 2 saturated heterocycles. The predicted octanol–water partition coefficient (Wildman–Crippen LogP) is 2.70. The molecule has 0 amide bonds. The number of carbonyl (C=O) groups excluding carboxylic acids is 1. The van der Waals surface area contributed by atoms with E-state index in [-0.39, 0.29) is 18.3 Å². The van der Waals surface area contributed by atoms with Gasteiger partial charge in [-0.25, -0.2) is 14.6 Å². The maximum atomic E-state index is 12.8. The lowest BCUT2D eigenvalue weighted by molar-refractivity contribution is -0.203. The smallest absolute Gasteiger partial charge is 0.323 e. The second-order valence-corrected chi connectivity index (χ2v) is 11.4. The van der Waals surface area contributed by atoms with E-state index >= 15 is 0 Å². The predicted molar refractivity (Wildman–Crippen MR) is 141 cm³/mol. The minimum absolute atomic E-state index is 0.172. The van der Waals surface area contributed by atoms with Gasteiger partial charge < -0.3 is 29.2 Å². The van der Waals surface area contributed by atoms with Gasteiger partial charge in [0.25, 0.3) is 8.18 Å². The molecule has 39 heavy (non-hydrogen) atoms. The molecule has 6 atom stereocenters. The van der Waals surface area contributed by atoms with Gasteiger partial charge in [-0.05, 0) is 38.3 Å². The average Bonchev–Trinajstić information content (AvgIpc) is 3.57. The Labute approximate surface area is 228 Å². The van der Waals surface area contributed by atoms with Gasteiger partial charge in [-0.2, -0.15) is 10.4 Å². The number of ether oxygens (including phenoxy) is 4. The van der Waals surface area contributed by atoms with Gasteiger partial charge >= 0.3 is 5.97 Å². The largest absolute Gasteiger partial charge is 0.464 e. The molecule has 2 aliphatic rings. The van der Waals surface area contributed by atoms with E-state index in [0.717, 1.165) is 12.8 Å². The fourth-order valence-corrected chi connectivity index (χ4v) is 5.96. The topological polar surface area (TPSA) is 172 Å². The molecule has 2 aliphatic heterocycles. The molecule has 4 rings (SSSR count). The normalized spacial score (nSPS) is 27.4. The Hall–Kier alpha value is -2.59. The third-order valence-electron chi connectivity index (χ3n) is 7.24. The number of nitrogens with zero attached hydrogens (tertiary/aromatic N) is 4. The fraction of sp³-hybridized carbons (Fsp3) is 0.680. The Morgan fingerprint density at radius 3 is 2.67 bits per heavy atom. The molecule has 0 spiro atoms. The Kier molecular flexibility index (Phi) is 8.95. The molecule has 13 nitrogen and oxygen atoms in total. The fourth-order valence-electron chi connectivity index (χ4n) is 4.96. The molecule has 2 aromatic rings. The lowest BCUT2D eigenvalue weighted by Gasteiger charge is -2.29. The van der Waals surface area contributed by atoms with E-state index in [1.165, 1.54) is 10.8 Å². The van der Waals surface area contributed by atoms with Crippen LogP contribution >= 0.6 is 8.18 Å². The van der Waals surface area contributed by atoms with E-state index in [1.54, 1.807) is 32.9 Å². The molecule has 0 aliphatic carbocycles. The quantitative estimate of drug-likeness (QED) is 0.286. The van der Waals surface area contributed by atoms with Crippen LogP contribution in [0.5, 0.6) is 0 Å². The van der Waals surface area contributed by atoms with Gasteiger partial charge in [-0.3, -0.25) is 9.36 Å². The van der Waals surface area contributed by atoms with Gasteiger partial charge in [-0.15, -0.1) is 0 Å². The SMILES string of the molecule is CCC(CC)COC(=O)[C@H](CC)N[PH](=O)OC[C@H]1O[C@@](C#N)(c2ccc3c(N)ncnn23)[C@@H]2OC(C)(C)O[C@@H]21. The van der Waals surface area contributed by atoms with Crippen molar-refractivity contribution in [1.82, 2.24) is 19.7 Å². The number of fused-ring (bicyclic) bond motifs is 2. The van der Waals surface area contributed by atoms with Crippen LogP contribution in [-0.2, 0) is 38.4 Å². The number of nitrogens with one attached hydrogen (secondary N) is 1. The second kappa shape index (κ2) is 11.9. The minimum atomic E-state index is -2.88. The number of hydrogen-bond acceptors (Lipinski definition) is 11. The molecule has 2 fully saturated rings. The summed E-state index contributed by atoms with van der Waals surface area (Å²) in [7, 11) is -2.88. The van der Waals surface area contributed by atoms with Gasteiger partial charge in [0.2, 0.25) is 5.60 Å². The maximum absolute atomic E-state index is 12.8. The van der Waals surface area contributed by atoms with Gasteiger partial charge in [0, 0.05) is 0 Å². The van der Waals surface area contributed by atoms with Crippen molar-refractivity contribution in [3.63, 3.8) is 0 Å². The molecule has 2 aromatic heterocycles. The van der Waals surface area contributed by atoms with Crippen LogP contribution in [0.4, 0.5) is 5.82 Å². The number of aromatic nitrogens is 3. The van der Waals surface area contributed by atoms with Crippen LogP contribution < -0.4 is 10.8 Å². The Morgan fingerprint density at radius 2 is 2.00 bits per heavy atom. The number of nitriles is 1. The highest BCUT2D eigenvalue weighted by Gasteiger charge is 2.65. The standard InChI is InChI=1S/C25H37N6O7P/c1-6-15(7-2)11-34-23(32)16(8-3)30-39(33)35-12-18-20-21(38-24(4,5)37-20)25(13-26,36-18)19-10-9-17-22(27)28-14-29-31(17)19/h9-10,14-16,18,20-21,39H,6-8,11-12H2,1-5H3,(H,30,33)(H2,27,28,29)/t16-,18+,20+,21+,25-/m0/s1. The summed E-state index contributed by atoms with van der Waals surface area (Å²) in [5, 5.41) is 17.4. The molecule has 214 valence electrons. The summed E-state index contributed by atoms with van der Waals surface area (Å²) < 4.78 is 43.9. The van der Waals surface area contributed by atoms with Gasteiger partial charge in [0.15, 0.2) is 11.6 Å². The summed E-state index contributed by atoms with van der Waals surface area (Å²) >= 11 is 0. The maximum Gasteiger partial charge on any atom is 0.323 e. The van der Waals surface area contributed by atoms with Crippen molar-refractivity contribution in [2.24, 2.45) is 5.92 Å². The van der Waals surface area contributed by atoms with Crippen LogP contribution in [0.15, 0.2) is 18.5 Å². The van der Waals surface area contributed by atoms with Crippen molar-refractivity contribution < 1.29 is 32.8 Å². The van der Waals surface area contributed by atoms with E-state index in [0.29, 0.717) is 24.2 Å². The van der Waals surface area contributed by atoms with E-state index in [4.69, 9.17) is 29.2 Å². The van der Waals surface area contributed by atoms with Crippen LogP contribution in [0.3, 0.4) is 0 Å². The molecule has 4 heterocycles. The van der Waals surface area contributed by atoms with Crippen molar-refractivity contribution in [3.05, 3.63) is 24.2 Å². The van der Waals surface area contributed by atoms with Crippen LogP contribution in [-0.4, -0.2) is 63.9 Å². The van der Waals surface area contributed by atoms with E-state index in [9.17, 15) is 14.6 Å². The lowest BCUT2D eigenvalue weighted by Crippen LogP contribution is -2.40. The van der Waals surface area contributed by atoms with Gasteiger partial charge in [-0.1, -0.05) is 33.6 Å². The molecule has 0 radical (unpaired) electrons. The van der Waals surface area contributed by atoms with Crippen LogP contribution in [0.1, 0.15) is 59.6 Å². The zero-order valence-corrected chi connectivity index (χ0v) is 23.9. The van der Waals surface area contributed by atoms with Crippen molar-refractivity contribution >= 4 is 25.5 Å². The van der Waals surface area contributed by atoms with E-state index in [1.807, 2.05) is 13.8 Å². The van der Waals surface area contributed by atoms with Crippen molar-refractivity contribution in [3.8, 4) is 6.07 Å². The van der Waals surface area contributed by atoms with Crippen molar-refractivity contribution in [1.29, 1.82) is 5.26 Å². The first kappa shape index (κ1) is 29.4. The zero-order valence-electron chi connectivity index (χ0n) is 22.9. The number of anilines is 1. The summed E-state index contributed by atoms with van der Waals surface area (Å²) in [5.41, 5.74) is 5.27. The number of esters is 1. The number of rotatable bonds is 12. The Balaban J connectivity index is 1.48. The van der Waals surface area contributed by atoms with Crippen LogP contribution in [0, 0.1) is 17.2 Å². The van der Waals surface area contributed by atoms with Gasteiger partial charge in [0.05, 0.1) is 18.9 Å². The first-order valence-corrected chi connectivity index (χ1v) is 14.5. The zero-order chi connectivity index (χ0) is 28.4. The summed E-state index contributed by atoms with van der Waals surface area (Å²) in [6, 6.07) is 4.86. The van der Waals surface area contributed by atoms with Crippen molar-refractivity contribution in [2.45, 2.75) is 89.6 Å². The first-order valence-electron chi connectivity index (χ1n) is 13.2. The summed E-state index contributed by atoms with van der Waals surface area (Å²) in [6.07, 6.45) is 1.13. The lowest BCUT2D eigenvalue weighted by atomic mass is 9.92. The number of carbonyl (C=O) groups is 1. The third kappa shape index (κ3) is 5.82. The summed E-state index contributed by atoms with van der Waals surface area (Å²) in [4.78, 5) is 16.5. The second-order valence-electron chi connectivity index (χ2n) is 10.2. The molecular formula is C25H37N6O7P. The first-order chi connectivity index (χ1) is 18.6. The van der Waals surface area contributed by atoms with Crippen LogP contribution in [0.2, 0.25) is 0 Å². The highest BCUT2D eigenvalue weighted by Crippen LogP contribution is 2.49. The number of hydrogen-bond donors (Lipinski definition) is 2. The molecular weight excluding hydrogens is 527 g/mol. The van der Waals surface area contributed by atoms with Crippen LogP contribution in [0.25, 0.3) is 5.52 Å². The third-order valence-corrected chi connectivity index (χ3v) is 8.25. The summed E-state index contributed by atoms with van der Waals surface area (Å²) in [5.74, 6) is -0.944. The Bertz CT molecular complexity index is 1250. The highest BCUT2D eigenvalue weighted by atomic mass is 31.1. The highest BCUT2D eigenvalue weighted by molar-refractivity contribution is 7.36. The van der Waals surface area contributed by atoms with Crippen molar-refractivity contribution in [2.75, 3.05) is 18.9 Å². The molecule has 1 unspecified atom stereocenters. The van der Waals surface area contributed by atoms with E-state index in [2.05, 4.69) is 21.2 Å². The number of nitrogen functional groups attached to an aromatic ring is 1. The molecule has 3 N–H and O–H groups in total. The summed E-state index contributed by atoms with van der Waals surface area (Å²) in [6.45, 7) is 9.51. The average molecular weight is 565 g/mol. The molecule has 0 aromatic carbocycles. The molecule has 0 saturated carbocycles. The number of nitrogens with two attached hydrogens (primary N) is 1. The van der Waals surface area contributed by atoms with Gasteiger partial charge in [0.1, 0.15) is 42.3 Å². The molecule has 0 bridgehead atoms. The van der Waals surface area contributed by atoms with E-state index < -0.39 is 49.9 Å². The monoisotopic (exact) mass is 564 g/mol. The minimum Gasteiger partial charge on any atom is -0.464 e. The Morgan fingerprint density at radius 1 is 1.26 bits per heavy atom. The molecule has 14 heteroatoms.